The van der Waals surface area contributed by atoms with Crippen molar-refractivity contribution in [3.8, 4) is 0 Å². The highest BCUT2D eigenvalue weighted by Gasteiger charge is 2.04. The predicted molar refractivity (Wildman–Crippen MR) is 75.5 cm³/mol. The number of aryl methyl sites for hydroxylation is 1. The minimum atomic E-state index is -0.0141. The Balaban J connectivity index is 1.87. The lowest BCUT2D eigenvalue weighted by atomic mass is 10.2. The van der Waals surface area contributed by atoms with Crippen molar-refractivity contribution in [3.63, 3.8) is 0 Å². The van der Waals surface area contributed by atoms with Gasteiger partial charge in [0, 0.05) is 30.5 Å². The number of carbonyl (C=O) groups is 1. The summed E-state index contributed by atoms with van der Waals surface area (Å²) in [6.45, 7) is 0.470. The largest absolute Gasteiger partial charge is 0.326 e. The van der Waals surface area contributed by atoms with Crippen molar-refractivity contribution < 1.29 is 4.79 Å². The summed E-state index contributed by atoms with van der Waals surface area (Å²) in [5, 5.41) is 2.86. The molecule has 4 heteroatoms. The van der Waals surface area contributed by atoms with E-state index in [1.807, 2.05) is 42.5 Å². The van der Waals surface area contributed by atoms with E-state index >= 15 is 0 Å². The standard InChI is InChI=1S/C15H17N3O/c16-11-12-4-3-6-14(10-12)18-15(19)8-7-13-5-1-2-9-17-13/h1-6,9-10H,7-8,11,16H2,(H,18,19). The maximum absolute atomic E-state index is 11.8. The molecule has 0 aliphatic carbocycles. The number of benzene rings is 1. The fourth-order valence-corrected chi connectivity index (χ4v) is 1.79. The van der Waals surface area contributed by atoms with Crippen LogP contribution >= 0.6 is 0 Å². The van der Waals surface area contributed by atoms with E-state index in [0.717, 1.165) is 16.9 Å². The Morgan fingerprint density at radius 2 is 2.11 bits per heavy atom. The summed E-state index contributed by atoms with van der Waals surface area (Å²) < 4.78 is 0. The number of amides is 1. The molecule has 1 amide bonds. The van der Waals surface area contributed by atoms with Gasteiger partial charge in [0.1, 0.15) is 0 Å². The van der Waals surface area contributed by atoms with Gasteiger partial charge in [0.15, 0.2) is 0 Å². The average molecular weight is 255 g/mol. The van der Waals surface area contributed by atoms with Crippen LogP contribution in [0.4, 0.5) is 5.69 Å². The molecular formula is C15H17N3O. The van der Waals surface area contributed by atoms with Gasteiger partial charge in [0.25, 0.3) is 0 Å². The van der Waals surface area contributed by atoms with Crippen LogP contribution in [0.15, 0.2) is 48.7 Å². The summed E-state index contributed by atoms with van der Waals surface area (Å²) >= 11 is 0. The van der Waals surface area contributed by atoms with Gasteiger partial charge in [0.05, 0.1) is 0 Å². The van der Waals surface area contributed by atoms with Gasteiger partial charge in [-0.3, -0.25) is 9.78 Å². The van der Waals surface area contributed by atoms with Gasteiger partial charge in [-0.25, -0.2) is 0 Å². The second-order valence-electron chi connectivity index (χ2n) is 4.27. The molecule has 98 valence electrons. The lowest BCUT2D eigenvalue weighted by Crippen LogP contribution is -2.13. The van der Waals surface area contributed by atoms with Crippen LogP contribution < -0.4 is 11.1 Å². The predicted octanol–water partition coefficient (Wildman–Crippen LogP) is 2.11. The summed E-state index contributed by atoms with van der Waals surface area (Å²) in [6.07, 6.45) is 2.80. The van der Waals surface area contributed by atoms with Gasteiger partial charge >= 0.3 is 0 Å². The van der Waals surface area contributed by atoms with Crippen LogP contribution in [-0.4, -0.2) is 10.9 Å². The van der Waals surface area contributed by atoms with E-state index in [1.165, 1.54) is 0 Å². The molecule has 1 aromatic heterocycles. The minimum Gasteiger partial charge on any atom is -0.326 e. The molecule has 0 aliphatic rings. The first-order valence-electron chi connectivity index (χ1n) is 6.26. The van der Waals surface area contributed by atoms with Crippen molar-refractivity contribution in [3.05, 3.63) is 59.9 Å². The van der Waals surface area contributed by atoms with Gasteiger partial charge < -0.3 is 11.1 Å². The van der Waals surface area contributed by atoms with Crippen LogP contribution in [0.5, 0.6) is 0 Å². The van der Waals surface area contributed by atoms with E-state index in [-0.39, 0.29) is 5.91 Å². The molecule has 2 rings (SSSR count). The number of hydrogen-bond acceptors (Lipinski definition) is 3. The second kappa shape index (κ2) is 6.66. The first-order valence-corrected chi connectivity index (χ1v) is 6.26. The van der Waals surface area contributed by atoms with Gasteiger partial charge in [-0.05, 0) is 36.2 Å². The quantitative estimate of drug-likeness (QED) is 0.859. The summed E-state index contributed by atoms with van der Waals surface area (Å²) in [7, 11) is 0. The molecule has 0 saturated carbocycles. The number of rotatable bonds is 5. The van der Waals surface area contributed by atoms with E-state index in [9.17, 15) is 4.79 Å². The smallest absolute Gasteiger partial charge is 0.224 e. The molecule has 0 atom stereocenters. The van der Waals surface area contributed by atoms with E-state index in [0.29, 0.717) is 19.4 Å². The zero-order chi connectivity index (χ0) is 13.5. The Bertz CT molecular complexity index is 540. The fraction of sp³-hybridized carbons (Fsp3) is 0.200. The van der Waals surface area contributed by atoms with Crippen LogP contribution in [0.2, 0.25) is 0 Å². The summed E-state index contributed by atoms with van der Waals surface area (Å²) in [5.74, 6) is -0.0141. The number of aromatic nitrogens is 1. The monoisotopic (exact) mass is 255 g/mol. The normalized spacial score (nSPS) is 10.2. The maximum Gasteiger partial charge on any atom is 0.224 e. The zero-order valence-electron chi connectivity index (χ0n) is 10.7. The highest BCUT2D eigenvalue weighted by molar-refractivity contribution is 5.90. The molecule has 0 radical (unpaired) electrons. The molecule has 0 saturated heterocycles. The molecule has 0 bridgehead atoms. The van der Waals surface area contributed by atoms with Crippen molar-refractivity contribution in [2.45, 2.75) is 19.4 Å². The number of nitrogens with zero attached hydrogens (tertiary/aromatic N) is 1. The van der Waals surface area contributed by atoms with E-state index in [2.05, 4.69) is 10.3 Å². The van der Waals surface area contributed by atoms with Gasteiger partial charge in [-0.15, -0.1) is 0 Å². The lowest BCUT2D eigenvalue weighted by molar-refractivity contribution is -0.116. The van der Waals surface area contributed by atoms with E-state index in [1.54, 1.807) is 6.20 Å². The highest BCUT2D eigenvalue weighted by Crippen LogP contribution is 2.11. The third kappa shape index (κ3) is 4.19. The maximum atomic E-state index is 11.8. The van der Waals surface area contributed by atoms with Gasteiger partial charge in [0.2, 0.25) is 5.91 Å². The first kappa shape index (κ1) is 13.2. The van der Waals surface area contributed by atoms with Crippen molar-refractivity contribution >= 4 is 11.6 Å². The Kier molecular flexibility index (Phi) is 4.64. The molecule has 0 unspecified atom stereocenters. The van der Waals surface area contributed by atoms with Crippen LogP contribution in [0.25, 0.3) is 0 Å². The fourth-order valence-electron chi connectivity index (χ4n) is 1.79. The highest BCUT2D eigenvalue weighted by atomic mass is 16.1. The summed E-state index contributed by atoms with van der Waals surface area (Å²) in [4.78, 5) is 16.0. The third-order valence-corrected chi connectivity index (χ3v) is 2.78. The molecule has 2 aromatic rings. The number of nitrogens with two attached hydrogens (primary N) is 1. The van der Waals surface area contributed by atoms with Crippen LogP contribution in [0.3, 0.4) is 0 Å². The molecule has 1 heterocycles. The number of hydrogen-bond donors (Lipinski definition) is 2. The average Bonchev–Trinajstić information content (AvgIpc) is 2.46. The van der Waals surface area contributed by atoms with E-state index in [4.69, 9.17) is 5.73 Å². The molecule has 0 spiro atoms. The zero-order valence-corrected chi connectivity index (χ0v) is 10.7. The molecule has 0 fully saturated rings. The first-order chi connectivity index (χ1) is 9.28. The molecular weight excluding hydrogens is 238 g/mol. The Hall–Kier alpha value is -2.20. The van der Waals surface area contributed by atoms with Crippen LogP contribution in [-0.2, 0) is 17.8 Å². The van der Waals surface area contributed by atoms with Gasteiger partial charge in [-0.2, -0.15) is 0 Å². The van der Waals surface area contributed by atoms with Crippen LogP contribution in [0.1, 0.15) is 17.7 Å². The third-order valence-electron chi connectivity index (χ3n) is 2.78. The number of nitrogens with one attached hydrogen (secondary N) is 1. The van der Waals surface area contributed by atoms with Crippen LogP contribution in [0, 0.1) is 0 Å². The molecule has 0 aliphatic heterocycles. The van der Waals surface area contributed by atoms with E-state index < -0.39 is 0 Å². The SMILES string of the molecule is NCc1cccc(NC(=O)CCc2ccccn2)c1. The molecule has 3 N–H and O–H groups in total. The Labute approximate surface area is 112 Å². The Morgan fingerprint density at radius 3 is 2.84 bits per heavy atom. The van der Waals surface area contributed by atoms with Crippen molar-refractivity contribution in [2.75, 3.05) is 5.32 Å². The lowest BCUT2D eigenvalue weighted by Gasteiger charge is -2.06. The second-order valence-corrected chi connectivity index (χ2v) is 4.27. The minimum absolute atomic E-state index is 0.0141. The van der Waals surface area contributed by atoms with Crippen molar-refractivity contribution in [1.29, 1.82) is 0 Å². The van der Waals surface area contributed by atoms with Crippen molar-refractivity contribution in [2.24, 2.45) is 5.73 Å². The number of pyridine rings is 1. The summed E-state index contributed by atoms with van der Waals surface area (Å²) in [5.41, 5.74) is 8.28. The number of anilines is 1. The number of carbonyl (C=O) groups excluding carboxylic acids is 1. The molecule has 1 aromatic carbocycles. The van der Waals surface area contributed by atoms with Gasteiger partial charge in [-0.1, -0.05) is 18.2 Å². The topological polar surface area (TPSA) is 68.0 Å². The Morgan fingerprint density at radius 1 is 1.21 bits per heavy atom. The summed E-state index contributed by atoms with van der Waals surface area (Å²) in [6, 6.07) is 13.3. The molecule has 4 nitrogen and oxygen atoms in total. The molecule has 19 heavy (non-hydrogen) atoms. The van der Waals surface area contributed by atoms with Crippen molar-refractivity contribution in [1.82, 2.24) is 4.98 Å².